The van der Waals surface area contributed by atoms with E-state index in [1.165, 1.54) is 0 Å². The van der Waals surface area contributed by atoms with Gasteiger partial charge in [0.1, 0.15) is 5.75 Å². The van der Waals surface area contributed by atoms with E-state index in [0.717, 1.165) is 5.56 Å². The summed E-state index contributed by atoms with van der Waals surface area (Å²) in [5.74, 6) is -0.165. The standard InChI is InChI=1S/C25H24Cl2N2O3/c1-25(2,3)17-6-4-16(5-7-17)24(31)29-20-11-9-19(10-12-20)28-23(30)15-32-22-13-8-18(26)14-21(22)27/h4-14H,15H2,1-3H3,(H,28,30)(H,29,31). The second kappa shape index (κ2) is 10.1. The molecule has 0 spiro atoms. The average molecular weight is 471 g/mol. The number of nitrogens with one attached hydrogen (secondary N) is 2. The zero-order valence-corrected chi connectivity index (χ0v) is 19.6. The lowest BCUT2D eigenvalue weighted by Gasteiger charge is -2.19. The molecule has 3 aromatic rings. The molecule has 32 heavy (non-hydrogen) atoms. The number of rotatable bonds is 6. The first kappa shape index (κ1) is 23.6. The summed E-state index contributed by atoms with van der Waals surface area (Å²) >= 11 is 11.9. The Kier molecular flexibility index (Phi) is 7.44. The summed E-state index contributed by atoms with van der Waals surface area (Å²) in [5, 5.41) is 6.40. The number of benzene rings is 3. The molecule has 5 nitrogen and oxygen atoms in total. The quantitative estimate of drug-likeness (QED) is 0.428. The maximum Gasteiger partial charge on any atom is 0.262 e. The number of amides is 2. The second-order valence-electron chi connectivity index (χ2n) is 8.27. The SMILES string of the molecule is CC(C)(C)c1ccc(C(=O)Nc2ccc(NC(=O)COc3ccc(Cl)cc3Cl)cc2)cc1. The normalized spacial score (nSPS) is 11.0. The van der Waals surface area contributed by atoms with Crippen LogP contribution in [-0.4, -0.2) is 18.4 Å². The van der Waals surface area contributed by atoms with Crippen molar-refractivity contribution < 1.29 is 14.3 Å². The number of carbonyl (C=O) groups excluding carboxylic acids is 2. The Morgan fingerprint density at radius 1 is 0.844 bits per heavy atom. The molecule has 0 aliphatic rings. The first-order valence-electron chi connectivity index (χ1n) is 10.0. The predicted octanol–water partition coefficient (Wildman–Crippen LogP) is 6.56. The molecule has 0 saturated heterocycles. The van der Waals surface area contributed by atoms with Crippen molar-refractivity contribution in [3.63, 3.8) is 0 Å². The third kappa shape index (κ3) is 6.49. The van der Waals surface area contributed by atoms with Gasteiger partial charge in [-0.25, -0.2) is 0 Å². The van der Waals surface area contributed by atoms with Crippen LogP contribution in [-0.2, 0) is 10.2 Å². The van der Waals surface area contributed by atoms with Crippen molar-refractivity contribution in [2.75, 3.05) is 17.2 Å². The molecular formula is C25H24Cl2N2O3. The van der Waals surface area contributed by atoms with Gasteiger partial charge in [-0.1, -0.05) is 56.1 Å². The number of hydrogen-bond acceptors (Lipinski definition) is 3. The highest BCUT2D eigenvalue weighted by Gasteiger charge is 2.14. The Bertz CT molecular complexity index is 1110. The third-order valence-electron chi connectivity index (χ3n) is 4.69. The van der Waals surface area contributed by atoms with Gasteiger partial charge in [0.25, 0.3) is 11.8 Å². The third-order valence-corrected chi connectivity index (χ3v) is 5.22. The monoisotopic (exact) mass is 470 g/mol. The van der Waals surface area contributed by atoms with Crippen molar-refractivity contribution >= 4 is 46.4 Å². The van der Waals surface area contributed by atoms with Gasteiger partial charge in [-0.15, -0.1) is 0 Å². The van der Waals surface area contributed by atoms with E-state index < -0.39 is 0 Å². The molecule has 3 aromatic carbocycles. The number of anilines is 2. The zero-order valence-electron chi connectivity index (χ0n) is 18.0. The second-order valence-corrected chi connectivity index (χ2v) is 9.11. The van der Waals surface area contributed by atoms with Gasteiger partial charge in [0.15, 0.2) is 6.61 Å². The predicted molar refractivity (Wildman–Crippen MR) is 130 cm³/mol. The van der Waals surface area contributed by atoms with Crippen molar-refractivity contribution in [3.05, 3.63) is 87.9 Å². The smallest absolute Gasteiger partial charge is 0.262 e. The summed E-state index contributed by atoms with van der Waals surface area (Å²) in [6, 6.07) is 19.2. The van der Waals surface area contributed by atoms with E-state index in [2.05, 4.69) is 31.4 Å². The highest BCUT2D eigenvalue weighted by Crippen LogP contribution is 2.27. The van der Waals surface area contributed by atoms with Gasteiger partial charge in [-0.3, -0.25) is 9.59 Å². The van der Waals surface area contributed by atoms with E-state index in [4.69, 9.17) is 27.9 Å². The van der Waals surface area contributed by atoms with E-state index in [-0.39, 0.29) is 23.8 Å². The van der Waals surface area contributed by atoms with Crippen molar-refractivity contribution in [2.45, 2.75) is 26.2 Å². The van der Waals surface area contributed by atoms with Crippen molar-refractivity contribution in [1.82, 2.24) is 0 Å². The molecule has 0 aliphatic heterocycles. The van der Waals surface area contributed by atoms with Crippen LogP contribution in [0, 0.1) is 0 Å². The van der Waals surface area contributed by atoms with E-state index in [0.29, 0.717) is 32.7 Å². The largest absolute Gasteiger partial charge is 0.482 e. The summed E-state index contributed by atoms with van der Waals surface area (Å²) in [6.45, 7) is 6.18. The molecule has 0 heterocycles. The average Bonchev–Trinajstić information content (AvgIpc) is 2.74. The van der Waals surface area contributed by atoms with E-state index >= 15 is 0 Å². The molecule has 3 rings (SSSR count). The van der Waals surface area contributed by atoms with Crippen LogP contribution in [0.25, 0.3) is 0 Å². The van der Waals surface area contributed by atoms with Crippen molar-refractivity contribution in [2.24, 2.45) is 0 Å². The zero-order chi connectivity index (χ0) is 23.3. The summed E-state index contributed by atoms with van der Waals surface area (Å²) in [5.41, 5.74) is 2.97. The molecule has 2 N–H and O–H groups in total. The fourth-order valence-corrected chi connectivity index (χ4v) is 3.36. The van der Waals surface area contributed by atoms with Gasteiger partial charge >= 0.3 is 0 Å². The van der Waals surface area contributed by atoms with E-state index in [1.807, 2.05) is 24.3 Å². The molecule has 166 valence electrons. The van der Waals surface area contributed by atoms with Crippen molar-refractivity contribution in [1.29, 1.82) is 0 Å². The number of ether oxygens (including phenoxy) is 1. The minimum atomic E-state index is -0.341. The Labute approximate surface area is 197 Å². The molecule has 0 saturated carbocycles. The van der Waals surface area contributed by atoms with Crippen LogP contribution >= 0.6 is 23.2 Å². The van der Waals surface area contributed by atoms with Gasteiger partial charge in [-0.05, 0) is 65.6 Å². The van der Waals surface area contributed by atoms with Crippen molar-refractivity contribution in [3.8, 4) is 5.75 Å². The van der Waals surface area contributed by atoms with Crippen LogP contribution < -0.4 is 15.4 Å². The minimum absolute atomic E-state index is 0.0292. The maximum absolute atomic E-state index is 12.5. The number of carbonyl (C=O) groups is 2. The van der Waals surface area contributed by atoms with Crippen LogP contribution in [0.5, 0.6) is 5.75 Å². The molecule has 7 heteroatoms. The molecule has 0 atom stereocenters. The van der Waals surface area contributed by atoms with Crippen LogP contribution in [0.3, 0.4) is 0 Å². The van der Waals surface area contributed by atoms with Gasteiger partial charge in [-0.2, -0.15) is 0 Å². The molecule has 2 amide bonds. The summed E-state index contributed by atoms with van der Waals surface area (Å²) in [4.78, 5) is 24.6. The Morgan fingerprint density at radius 3 is 2.00 bits per heavy atom. The lowest BCUT2D eigenvalue weighted by Crippen LogP contribution is -2.20. The lowest BCUT2D eigenvalue weighted by molar-refractivity contribution is -0.118. The van der Waals surface area contributed by atoms with Gasteiger partial charge in [0.05, 0.1) is 5.02 Å². The Morgan fingerprint density at radius 2 is 1.44 bits per heavy atom. The van der Waals surface area contributed by atoms with Crippen LogP contribution in [0.4, 0.5) is 11.4 Å². The Hall–Kier alpha value is -3.02. The highest BCUT2D eigenvalue weighted by molar-refractivity contribution is 6.35. The molecular weight excluding hydrogens is 447 g/mol. The Balaban J connectivity index is 1.53. The molecule has 0 radical (unpaired) electrons. The summed E-state index contributed by atoms with van der Waals surface area (Å²) in [6.07, 6.45) is 0. The van der Waals surface area contributed by atoms with E-state index in [9.17, 15) is 9.59 Å². The summed E-state index contributed by atoms with van der Waals surface area (Å²) in [7, 11) is 0. The van der Waals surface area contributed by atoms with E-state index in [1.54, 1.807) is 42.5 Å². The summed E-state index contributed by atoms with van der Waals surface area (Å²) < 4.78 is 5.42. The van der Waals surface area contributed by atoms with Gasteiger partial charge in [0.2, 0.25) is 0 Å². The molecule has 0 bridgehead atoms. The molecule has 0 aromatic heterocycles. The van der Waals surface area contributed by atoms with Gasteiger partial charge in [0, 0.05) is 22.0 Å². The molecule has 0 fully saturated rings. The van der Waals surface area contributed by atoms with Crippen LogP contribution in [0.2, 0.25) is 10.0 Å². The first-order chi connectivity index (χ1) is 15.1. The minimum Gasteiger partial charge on any atom is -0.482 e. The van der Waals surface area contributed by atoms with Crippen LogP contribution in [0.15, 0.2) is 66.7 Å². The maximum atomic E-state index is 12.5. The highest BCUT2D eigenvalue weighted by atomic mass is 35.5. The fourth-order valence-electron chi connectivity index (χ4n) is 2.89. The van der Waals surface area contributed by atoms with Gasteiger partial charge < -0.3 is 15.4 Å². The number of halogens is 2. The lowest BCUT2D eigenvalue weighted by atomic mass is 9.87. The fraction of sp³-hybridized carbons (Fsp3) is 0.200. The topological polar surface area (TPSA) is 67.4 Å². The molecule has 0 aliphatic carbocycles. The first-order valence-corrected chi connectivity index (χ1v) is 10.8. The van der Waals surface area contributed by atoms with Crippen LogP contribution in [0.1, 0.15) is 36.7 Å². The molecule has 0 unspecified atom stereocenters. The number of hydrogen-bond donors (Lipinski definition) is 2.